The summed E-state index contributed by atoms with van der Waals surface area (Å²) >= 11 is 0. The van der Waals surface area contributed by atoms with Crippen LogP contribution in [0.4, 0.5) is 0 Å². The minimum atomic E-state index is -0.198. The van der Waals surface area contributed by atoms with Gasteiger partial charge in [0.25, 0.3) is 0 Å². The first-order valence-electron chi connectivity index (χ1n) is 6.96. The number of likely N-dealkylation sites (tertiary alicyclic amines) is 1. The number of hydrogen-bond donors (Lipinski definition) is 1. The highest BCUT2D eigenvalue weighted by atomic mass is 16.5. The van der Waals surface area contributed by atoms with Crippen LogP contribution in [0, 0.1) is 17.8 Å². The van der Waals surface area contributed by atoms with E-state index in [-0.39, 0.29) is 29.8 Å². The number of ether oxygens (including phenoxy) is 1. The number of rotatable bonds is 5. The predicted octanol–water partition coefficient (Wildman–Crippen LogP) is 0.888. The van der Waals surface area contributed by atoms with Crippen molar-refractivity contribution >= 4 is 11.9 Å². The third kappa shape index (κ3) is 4.20. The van der Waals surface area contributed by atoms with Gasteiger partial charge in [-0.15, -0.1) is 0 Å². The van der Waals surface area contributed by atoms with E-state index in [2.05, 4.69) is 24.1 Å². The highest BCUT2D eigenvalue weighted by Gasteiger charge is 2.38. The van der Waals surface area contributed by atoms with Gasteiger partial charge in [-0.3, -0.25) is 14.5 Å². The van der Waals surface area contributed by atoms with E-state index in [9.17, 15) is 9.59 Å². The maximum absolute atomic E-state index is 12.0. The summed E-state index contributed by atoms with van der Waals surface area (Å²) < 4.78 is 4.81. The Balaban J connectivity index is 2.53. The molecular weight excluding hydrogens is 244 g/mol. The Morgan fingerprint density at radius 2 is 1.95 bits per heavy atom. The molecule has 1 fully saturated rings. The Morgan fingerprint density at radius 1 is 1.32 bits per heavy atom. The lowest BCUT2D eigenvalue weighted by atomic mass is 9.99. The lowest BCUT2D eigenvalue weighted by Crippen LogP contribution is -2.45. The fourth-order valence-corrected chi connectivity index (χ4v) is 2.40. The van der Waals surface area contributed by atoms with Gasteiger partial charge >= 0.3 is 5.97 Å². The van der Waals surface area contributed by atoms with Gasteiger partial charge in [0, 0.05) is 19.6 Å². The minimum absolute atomic E-state index is 0.0337. The van der Waals surface area contributed by atoms with E-state index < -0.39 is 0 Å². The molecule has 0 radical (unpaired) electrons. The van der Waals surface area contributed by atoms with Crippen LogP contribution in [0.5, 0.6) is 0 Å². The van der Waals surface area contributed by atoms with Crippen LogP contribution in [-0.4, -0.2) is 49.6 Å². The SMILES string of the molecule is COC(=O)C1CN(C(C)C(=O)NCC(C)C)CC1C. The molecule has 0 saturated carbocycles. The molecule has 1 amide bonds. The molecule has 1 saturated heterocycles. The summed E-state index contributed by atoms with van der Waals surface area (Å²) in [6, 6.07) is -0.198. The van der Waals surface area contributed by atoms with Crippen LogP contribution in [0.3, 0.4) is 0 Å². The van der Waals surface area contributed by atoms with Gasteiger partial charge in [-0.2, -0.15) is 0 Å². The third-order valence-corrected chi connectivity index (χ3v) is 3.76. The zero-order valence-corrected chi connectivity index (χ0v) is 12.6. The Morgan fingerprint density at radius 3 is 2.47 bits per heavy atom. The first-order valence-corrected chi connectivity index (χ1v) is 6.96. The number of nitrogens with zero attached hydrogens (tertiary/aromatic N) is 1. The van der Waals surface area contributed by atoms with Crippen molar-refractivity contribution in [3.8, 4) is 0 Å². The van der Waals surface area contributed by atoms with Gasteiger partial charge in [0.2, 0.25) is 5.91 Å². The van der Waals surface area contributed by atoms with Crippen molar-refractivity contribution < 1.29 is 14.3 Å². The topological polar surface area (TPSA) is 58.6 Å². The normalized spacial score (nSPS) is 25.4. The second kappa shape index (κ2) is 6.89. The van der Waals surface area contributed by atoms with Gasteiger partial charge in [0.15, 0.2) is 0 Å². The summed E-state index contributed by atoms with van der Waals surface area (Å²) in [4.78, 5) is 25.7. The van der Waals surface area contributed by atoms with Crippen LogP contribution in [0.25, 0.3) is 0 Å². The van der Waals surface area contributed by atoms with E-state index in [1.807, 2.05) is 13.8 Å². The zero-order chi connectivity index (χ0) is 14.6. The summed E-state index contributed by atoms with van der Waals surface area (Å²) in [6.07, 6.45) is 0. The molecule has 0 spiro atoms. The molecule has 1 aliphatic rings. The van der Waals surface area contributed by atoms with Gasteiger partial charge in [0.1, 0.15) is 0 Å². The Hall–Kier alpha value is -1.10. The molecule has 5 heteroatoms. The first-order chi connectivity index (χ1) is 8.86. The van der Waals surface area contributed by atoms with Gasteiger partial charge in [-0.1, -0.05) is 20.8 Å². The molecule has 0 aromatic rings. The number of amides is 1. The Bertz CT molecular complexity index is 331. The number of nitrogens with one attached hydrogen (secondary N) is 1. The van der Waals surface area contributed by atoms with Gasteiger partial charge < -0.3 is 10.1 Å². The standard InChI is InChI=1S/C14H26N2O3/c1-9(2)6-15-13(17)11(4)16-7-10(3)12(8-16)14(18)19-5/h9-12H,6-8H2,1-5H3,(H,15,17). The maximum Gasteiger partial charge on any atom is 0.310 e. The van der Waals surface area contributed by atoms with E-state index >= 15 is 0 Å². The predicted molar refractivity (Wildman–Crippen MR) is 73.6 cm³/mol. The summed E-state index contributed by atoms with van der Waals surface area (Å²) in [5.41, 5.74) is 0. The van der Waals surface area contributed by atoms with E-state index in [0.717, 1.165) is 6.54 Å². The van der Waals surface area contributed by atoms with Crippen LogP contribution in [0.1, 0.15) is 27.7 Å². The molecule has 1 aliphatic heterocycles. The van der Waals surface area contributed by atoms with Crippen LogP contribution in [0.15, 0.2) is 0 Å². The van der Waals surface area contributed by atoms with Crippen molar-refractivity contribution in [1.29, 1.82) is 0 Å². The lowest BCUT2D eigenvalue weighted by molar-refractivity contribution is -0.146. The average Bonchev–Trinajstić information content (AvgIpc) is 2.76. The molecule has 5 nitrogen and oxygen atoms in total. The number of hydrogen-bond acceptors (Lipinski definition) is 4. The van der Waals surface area contributed by atoms with Crippen molar-refractivity contribution in [2.45, 2.75) is 33.7 Å². The monoisotopic (exact) mass is 270 g/mol. The molecule has 3 atom stereocenters. The van der Waals surface area contributed by atoms with Crippen molar-refractivity contribution in [2.75, 3.05) is 26.7 Å². The molecule has 1 heterocycles. The Labute approximate surface area is 115 Å². The van der Waals surface area contributed by atoms with Gasteiger partial charge in [-0.25, -0.2) is 0 Å². The minimum Gasteiger partial charge on any atom is -0.469 e. The largest absolute Gasteiger partial charge is 0.469 e. The Kier molecular flexibility index (Phi) is 5.79. The van der Waals surface area contributed by atoms with Crippen molar-refractivity contribution in [3.05, 3.63) is 0 Å². The van der Waals surface area contributed by atoms with E-state index in [4.69, 9.17) is 4.74 Å². The number of carbonyl (C=O) groups excluding carboxylic acids is 2. The maximum atomic E-state index is 12.0. The molecule has 1 N–H and O–H groups in total. The summed E-state index contributed by atoms with van der Waals surface area (Å²) in [7, 11) is 1.41. The fraction of sp³-hybridized carbons (Fsp3) is 0.857. The summed E-state index contributed by atoms with van der Waals surface area (Å²) in [5, 5.41) is 2.93. The van der Waals surface area contributed by atoms with Crippen molar-refractivity contribution in [3.63, 3.8) is 0 Å². The van der Waals surface area contributed by atoms with Crippen LogP contribution >= 0.6 is 0 Å². The number of esters is 1. The van der Waals surface area contributed by atoms with E-state index in [1.165, 1.54) is 7.11 Å². The second-order valence-corrected chi connectivity index (χ2v) is 5.88. The molecular formula is C14H26N2O3. The number of carbonyl (C=O) groups is 2. The van der Waals surface area contributed by atoms with Crippen LogP contribution in [-0.2, 0) is 14.3 Å². The molecule has 110 valence electrons. The molecule has 0 aromatic heterocycles. The smallest absolute Gasteiger partial charge is 0.310 e. The molecule has 19 heavy (non-hydrogen) atoms. The van der Waals surface area contributed by atoms with Crippen LogP contribution in [0.2, 0.25) is 0 Å². The van der Waals surface area contributed by atoms with Crippen LogP contribution < -0.4 is 5.32 Å². The summed E-state index contributed by atoms with van der Waals surface area (Å²) in [5.74, 6) is 0.408. The number of methoxy groups -OCH3 is 1. The van der Waals surface area contributed by atoms with Crippen molar-refractivity contribution in [2.24, 2.45) is 17.8 Å². The second-order valence-electron chi connectivity index (χ2n) is 5.88. The quantitative estimate of drug-likeness (QED) is 0.754. The molecule has 0 aromatic carbocycles. The average molecular weight is 270 g/mol. The summed E-state index contributed by atoms with van der Waals surface area (Å²) in [6.45, 7) is 10.1. The molecule has 0 aliphatic carbocycles. The highest BCUT2D eigenvalue weighted by molar-refractivity contribution is 5.81. The first kappa shape index (κ1) is 16.0. The molecule has 3 unspecified atom stereocenters. The van der Waals surface area contributed by atoms with Gasteiger partial charge in [-0.05, 0) is 18.8 Å². The lowest BCUT2D eigenvalue weighted by Gasteiger charge is -2.23. The van der Waals surface area contributed by atoms with E-state index in [1.54, 1.807) is 0 Å². The molecule has 0 bridgehead atoms. The van der Waals surface area contributed by atoms with Crippen molar-refractivity contribution in [1.82, 2.24) is 10.2 Å². The fourth-order valence-electron chi connectivity index (χ4n) is 2.40. The van der Waals surface area contributed by atoms with Gasteiger partial charge in [0.05, 0.1) is 19.1 Å². The van der Waals surface area contributed by atoms with E-state index in [0.29, 0.717) is 19.0 Å². The third-order valence-electron chi connectivity index (χ3n) is 3.76. The highest BCUT2D eigenvalue weighted by Crippen LogP contribution is 2.25. The zero-order valence-electron chi connectivity index (χ0n) is 12.6. The molecule has 1 rings (SSSR count).